The average molecular weight is 460 g/mol. The van der Waals surface area contributed by atoms with E-state index in [9.17, 15) is 23.9 Å². The Balaban J connectivity index is 1.69. The number of rotatable bonds is 7. The number of ether oxygens (including phenoxy) is 1. The van der Waals surface area contributed by atoms with Crippen molar-refractivity contribution < 1.29 is 28.6 Å². The standard InChI is InChI=1S/C24H26FNO5S/c1-3-10-31-24(30)20-17(13-6-8-16(25)9-7-13)12(2)32-22(20)26-21(27)18-14-4-5-15(11-14)19(18)23(28)29/h6-9,14-15,18-19H,3-5,10-11H2,1-2H3,(H,26,27)(H,28,29)/t14-,15-,18+,19-/m0/s1. The zero-order valence-electron chi connectivity index (χ0n) is 18.0. The summed E-state index contributed by atoms with van der Waals surface area (Å²) in [5.41, 5.74) is 1.47. The zero-order chi connectivity index (χ0) is 23.0. The van der Waals surface area contributed by atoms with Crippen LogP contribution in [-0.2, 0) is 14.3 Å². The van der Waals surface area contributed by atoms with Crippen molar-refractivity contribution >= 4 is 34.2 Å². The minimum atomic E-state index is -0.936. The summed E-state index contributed by atoms with van der Waals surface area (Å²) in [6, 6.07) is 5.81. The molecule has 1 amide bonds. The molecule has 0 spiro atoms. The molecule has 2 bridgehead atoms. The number of amides is 1. The number of hydrogen-bond donors (Lipinski definition) is 2. The van der Waals surface area contributed by atoms with Crippen molar-refractivity contribution in [3.05, 3.63) is 40.5 Å². The van der Waals surface area contributed by atoms with E-state index in [1.54, 1.807) is 12.1 Å². The summed E-state index contributed by atoms with van der Waals surface area (Å²) in [7, 11) is 0. The molecule has 2 N–H and O–H groups in total. The van der Waals surface area contributed by atoms with E-state index in [1.165, 1.54) is 23.5 Å². The smallest absolute Gasteiger partial charge is 0.341 e. The summed E-state index contributed by atoms with van der Waals surface area (Å²) in [5, 5.41) is 12.9. The molecule has 32 heavy (non-hydrogen) atoms. The highest BCUT2D eigenvalue weighted by Gasteiger charge is 2.54. The molecule has 1 aromatic heterocycles. The van der Waals surface area contributed by atoms with Crippen molar-refractivity contribution in [2.75, 3.05) is 11.9 Å². The summed E-state index contributed by atoms with van der Waals surface area (Å²) < 4.78 is 18.8. The Kier molecular flexibility index (Phi) is 6.33. The Morgan fingerprint density at radius 3 is 2.44 bits per heavy atom. The number of hydrogen-bond acceptors (Lipinski definition) is 5. The van der Waals surface area contributed by atoms with Gasteiger partial charge in [-0.3, -0.25) is 9.59 Å². The third-order valence-electron chi connectivity index (χ3n) is 6.60. The highest BCUT2D eigenvalue weighted by atomic mass is 32.1. The van der Waals surface area contributed by atoms with Crippen LogP contribution in [0.4, 0.5) is 9.39 Å². The summed E-state index contributed by atoms with van der Waals surface area (Å²) in [4.78, 5) is 38.8. The van der Waals surface area contributed by atoms with Crippen LogP contribution < -0.4 is 5.32 Å². The van der Waals surface area contributed by atoms with Gasteiger partial charge in [0, 0.05) is 10.4 Å². The van der Waals surface area contributed by atoms with Gasteiger partial charge >= 0.3 is 11.9 Å². The van der Waals surface area contributed by atoms with Gasteiger partial charge in [0.25, 0.3) is 0 Å². The fourth-order valence-corrected chi connectivity index (χ4v) is 6.34. The van der Waals surface area contributed by atoms with Crippen molar-refractivity contribution in [2.24, 2.45) is 23.7 Å². The first-order chi connectivity index (χ1) is 15.3. The largest absolute Gasteiger partial charge is 0.481 e. The van der Waals surface area contributed by atoms with E-state index in [1.807, 2.05) is 13.8 Å². The number of carbonyl (C=O) groups is 3. The molecule has 1 aromatic carbocycles. The van der Waals surface area contributed by atoms with Gasteiger partial charge < -0.3 is 15.2 Å². The van der Waals surface area contributed by atoms with Crippen molar-refractivity contribution in [1.82, 2.24) is 0 Å². The maximum Gasteiger partial charge on any atom is 0.341 e. The third kappa shape index (κ3) is 4.03. The van der Waals surface area contributed by atoms with E-state index < -0.39 is 23.8 Å². The molecule has 2 aliphatic carbocycles. The van der Waals surface area contributed by atoms with Crippen LogP contribution in [0, 0.1) is 36.4 Å². The highest BCUT2D eigenvalue weighted by molar-refractivity contribution is 7.17. The molecule has 8 heteroatoms. The molecule has 0 radical (unpaired) electrons. The first-order valence-electron chi connectivity index (χ1n) is 10.9. The lowest BCUT2D eigenvalue weighted by atomic mass is 9.78. The SMILES string of the molecule is CCCOC(=O)c1c(NC(=O)[C@@H]2[C@H]3CC[C@@H](C3)[C@@H]2C(=O)O)sc(C)c1-c1ccc(F)cc1. The lowest BCUT2D eigenvalue weighted by molar-refractivity contribution is -0.148. The van der Waals surface area contributed by atoms with Crippen LogP contribution in [0.25, 0.3) is 11.1 Å². The van der Waals surface area contributed by atoms with Gasteiger partial charge in [0.05, 0.1) is 18.4 Å². The van der Waals surface area contributed by atoms with Gasteiger partial charge in [0.15, 0.2) is 0 Å². The molecule has 0 unspecified atom stereocenters. The van der Waals surface area contributed by atoms with E-state index in [2.05, 4.69) is 5.32 Å². The van der Waals surface area contributed by atoms with Crippen LogP contribution in [0.1, 0.15) is 47.8 Å². The van der Waals surface area contributed by atoms with Crippen molar-refractivity contribution in [3.63, 3.8) is 0 Å². The summed E-state index contributed by atoms with van der Waals surface area (Å²) in [6.45, 7) is 3.95. The number of anilines is 1. The molecular weight excluding hydrogens is 433 g/mol. The van der Waals surface area contributed by atoms with Crippen LogP contribution in [0.15, 0.2) is 24.3 Å². The van der Waals surface area contributed by atoms with Crippen molar-refractivity contribution in [3.8, 4) is 11.1 Å². The Morgan fingerprint density at radius 2 is 1.81 bits per heavy atom. The minimum absolute atomic E-state index is 0.0297. The quantitative estimate of drug-likeness (QED) is 0.561. The Morgan fingerprint density at radius 1 is 1.16 bits per heavy atom. The molecule has 170 valence electrons. The van der Waals surface area contributed by atoms with E-state index >= 15 is 0 Å². The number of carboxylic acid groups (broad SMARTS) is 1. The van der Waals surface area contributed by atoms with Crippen LogP contribution in [0.2, 0.25) is 0 Å². The number of aryl methyl sites for hydroxylation is 1. The van der Waals surface area contributed by atoms with Crippen LogP contribution in [-0.4, -0.2) is 29.6 Å². The molecule has 2 aromatic rings. The number of benzene rings is 1. The van der Waals surface area contributed by atoms with Gasteiger partial charge in [0.1, 0.15) is 16.4 Å². The molecule has 4 atom stereocenters. The number of carboxylic acids is 1. The number of carbonyl (C=O) groups excluding carboxylic acids is 2. The molecule has 0 aliphatic heterocycles. The summed E-state index contributed by atoms with van der Waals surface area (Å²) in [6.07, 6.45) is 3.09. The monoisotopic (exact) mass is 459 g/mol. The van der Waals surface area contributed by atoms with Gasteiger partial charge in [-0.1, -0.05) is 19.1 Å². The summed E-state index contributed by atoms with van der Waals surface area (Å²) >= 11 is 1.24. The van der Waals surface area contributed by atoms with Gasteiger partial charge in [-0.2, -0.15) is 0 Å². The predicted octanol–water partition coefficient (Wildman–Crippen LogP) is 5.11. The van der Waals surface area contributed by atoms with Gasteiger partial charge in [-0.15, -0.1) is 11.3 Å². The molecular formula is C24H26FNO5S. The topological polar surface area (TPSA) is 92.7 Å². The molecule has 6 nitrogen and oxygen atoms in total. The Hall–Kier alpha value is -2.74. The van der Waals surface area contributed by atoms with Gasteiger partial charge in [0.2, 0.25) is 5.91 Å². The van der Waals surface area contributed by atoms with Crippen LogP contribution >= 0.6 is 11.3 Å². The number of thiophene rings is 1. The second kappa shape index (κ2) is 9.02. The number of esters is 1. The Labute approximate surface area is 189 Å². The first kappa shape index (κ1) is 22.5. The lowest BCUT2D eigenvalue weighted by Crippen LogP contribution is -2.38. The third-order valence-corrected chi connectivity index (χ3v) is 7.62. The van der Waals surface area contributed by atoms with E-state index in [0.29, 0.717) is 22.5 Å². The maximum absolute atomic E-state index is 13.5. The van der Waals surface area contributed by atoms with Crippen LogP contribution in [0.5, 0.6) is 0 Å². The van der Waals surface area contributed by atoms with Crippen molar-refractivity contribution in [1.29, 1.82) is 0 Å². The van der Waals surface area contributed by atoms with Crippen LogP contribution in [0.3, 0.4) is 0 Å². The number of halogens is 1. The molecule has 2 saturated carbocycles. The molecule has 4 rings (SSSR count). The fourth-order valence-electron chi connectivity index (χ4n) is 5.28. The fraction of sp³-hybridized carbons (Fsp3) is 0.458. The highest BCUT2D eigenvalue weighted by Crippen LogP contribution is 2.53. The van der Waals surface area contributed by atoms with E-state index in [4.69, 9.17) is 4.74 Å². The van der Waals surface area contributed by atoms with E-state index in [-0.39, 0.29) is 35.7 Å². The first-order valence-corrected chi connectivity index (χ1v) is 11.7. The predicted molar refractivity (Wildman–Crippen MR) is 119 cm³/mol. The van der Waals surface area contributed by atoms with Gasteiger partial charge in [-0.25, -0.2) is 9.18 Å². The van der Waals surface area contributed by atoms with E-state index in [0.717, 1.165) is 24.1 Å². The second-order valence-electron chi connectivity index (χ2n) is 8.59. The minimum Gasteiger partial charge on any atom is -0.481 e. The average Bonchev–Trinajstić information content (AvgIpc) is 3.45. The molecule has 2 fully saturated rings. The molecule has 0 saturated heterocycles. The maximum atomic E-state index is 13.5. The second-order valence-corrected chi connectivity index (χ2v) is 9.82. The molecule has 2 aliphatic rings. The number of nitrogens with one attached hydrogen (secondary N) is 1. The normalized spacial score (nSPS) is 23.8. The van der Waals surface area contributed by atoms with Gasteiger partial charge in [-0.05, 0) is 62.1 Å². The Bertz CT molecular complexity index is 1050. The molecule has 1 heterocycles. The van der Waals surface area contributed by atoms with Crippen molar-refractivity contribution in [2.45, 2.75) is 39.5 Å². The number of aliphatic carboxylic acids is 1. The summed E-state index contributed by atoms with van der Waals surface area (Å²) in [5.74, 6) is -3.47. The zero-order valence-corrected chi connectivity index (χ0v) is 18.8. The lowest BCUT2D eigenvalue weighted by Gasteiger charge is -2.27. The number of fused-ring (bicyclic) bond motifs is 2.